The third-order valence-electron chi connectivity index (χ3n) is 3.60. The normalized spacial score (nSPS) is 11.7. The lowest BCUT2D eigenvalue weighted by atomic mass is 10.1. The summed E-state index contributed by atoms with van der Waals surface area (Å²) in [5.41, 5.74) is 1.97. The fraction of sp³-hybridized carbons (Fsp3) is 0.0625. The molecular formula is C16H9F3N6OS. The highest BCUT2D eigenvalue weighted by molar-refractivity contribution is 7.15. The van der Waals surface area contributed by atoms with Crippen LogP contribution in [0.25, 0.3) is 16.9 Å². The first-order chi connectivity index (χ1) is 12.9. The van der Waals surface area contributed by atoms with Crippen LogP contribution in [0.4, 0.5) is 18.3 Å². The molecule has 3 heterocycles. The lowest BCUT2D eigenvalue weighted by molar-refractivity contribution is -0.138. The molecule has 27 heavy (non-hydrogen) atoms. The summed E-state index contributed by atoms with van der Waals surface area (Å²) in [6.07, 6.45) is -1.78. The van der Waals surface area contributed by atoms with E-state index in [4.69, 9.17) is 0 Å². The molecule has 7 nitrogen and oxygen atoms in total. The Morgan fingerprint density at radius 3 is 2.59 bits per heavy atom. The highest BCUT2D eigenvalue weighted by Crippen LogP contribution is 2.33. The molecule has 0 atom stereocenters. The van der Waals surface area contributed by atoms with E-state index < -0.39 is 17.1 Å². The van der Waals surface area contributed by atoms with Crippen molar-refractivity contribution < 1.29 is 18.0 Å². The maximum Gasteiger partial charge on any atom is 0.445 e. The minimum Gasteiger partial charge on any atom is -0.296 e. The monoisotopic (exact) mass is 390 g/mol. The number of hydrogen-bond donors (Lipinski definition) is 1. The van der Waals surface area contributed by atoms with Crippen LogP contribution >= 0.6 is 11.3 Å². The smallest absolute Gasteiger partial charge is 0.296 e. The lowest BCUT2D eigenvalue weighted by Gasteiger charge is -2.04. The van der Waals surface area contributed by atoms with Crippen molar-refractivity contribution in [2.24, 2.45) is 0 Å². The highest BCUT2D eigenvalue weighted by Gasteiger charge is 2.36. The average molecular weight is 390 g/mol. The van der Waals surface area contributed by atoms with Gasteiger partial charge in [-0.1, -0.05) is 41.7 Å². The van der Waals surface area contributed by atoms with E-state index >= 15 is 0 Å². The van der Waals surface area contributed by atoms with Crippen LogP contribution in [0.2, 0.25) is 0 Å². The summed E-state index contributed by atoms with van der Waals surface area (Å²) >= 11 is 0.244. The minimum atomic E-state index is -4.61. The number of nitrogens with zero attached hydrogens (tertiary/aromatic N) is 5. The van der Waals surface area contributed by atoms with Gasteiger partial charge in [-0.2, -0.15) is 18.3 Å². The first-order valence-corrected chi connectivity index (χ1v) is 8.35. The fourth-order valence-corrected chi connectivity index (χ4v) is 3.04. The molecule has 0 fully saturated rings. The van der Waals surface area contributed by atoms with Gasteiger partial charge >= 0.3 is 6.18 Å². The van der Waals surface area contributed by atoms with Crippen LogP contribution in [-0.2, 0) is 6.18 Å². The Balaban J connectivity index is 1.66. The number of rotatable bonds is 3. The van der Waals surface area contributed by atoms with Gasteiger partial charge in [0.2, 0.25) is 10.1 Å². The van der Waals surface area contributed by atoms with E-state index in [1.165, 1.54) is 16.9 Å². The molecule has 4 aromatic rings. The molecule has 3 aromatic heterocycles. The van der Waals surface area contributed by atoms with E-state index in [0.717, 1.165) is 11.3 Å². The van der Waals surface area contributed by atoms with E-state index in [0.29, 0.717) is 0 Å². The second kappa shape index (κ2) is 6.43. The summed E-state index contributed by atoms with van der Waals surface area (Å²) in [7, 11) is 0. The summed E-state index contributed by atoms with van der Waals surface area (Å²) in [5, 5.41) is 11.5. The second-order valence-electron chi connectivity index (χ2n) is 5.35. The summed E-state index contributed by atoms with van der Waals surface area (Å²) < 4.78 is 39.3. The number of hydrogen-bond acceptors (Lipinski definition) is 6. The van der Waals surface area contributed by atoms with Gasteiger partial charge < -0.3 is 0 Å². The third-order valence-corrected chi connectivity index (χ3v) is 4.49. The van der Waals surface area contributed by atoms with Crippen molar-refractivity contribution in [3.63, 3.8) is 0 Å². The molecule has 1 amide bonds. The molecular weight excluding hydrogens is 381 g/mol. The van der Waals surface area contributed by atoms with Gasteiger partial charge in [-0.25, -0.2) is 9.50 Å². The zero-order valence-corrected chi connectivity index (χ0v) is 14.1. The van der Waals surface area contributed by atoms with E-state index in [-0.39, 0.29) is 27.7 Å². The number of fused-ring (bicyclic) bond motifs is 1. The number of amides is 1. The van der Waals surface area contributed by atoms with Crippen molar-refractivity contribution in [3.05, 3.63) is 59.4 Å². The molecule has 4 rings (SSSR count). The van der Waals surface area contributed by atoms with Gasteiger partial charge in [0.1, 0.15) is 5.56 Å². The number of aromatic nitrogens is 5. The molecule has 0 aliphatic rings. The standard InChI is InChI=1S/C16H9F3N6OS/c17-16(18,19)14-23-24-15(27-14)22-13(26)10-8-21-25-11(6-7-20-12(10)25)9-4-2-1-3-5-9/h1-8H,(H,22,24,26). The van der Waals surface area contributed by atoms with Gasteiger partial charge in [-0.05, 0) is 6.07 Å². The number of carbonyl (C=O) groups excluding carboxylic acids is 1. The third kappa shape index (κ3) is 3.24. The van der Waals surface area contributed by atoms with Crippen molar-refractivity contribution in [2.75, 3.05) is 5.32 Å². The molecule has 1 aromatic carbocycles. The highest BCUT2D eigenvalue weighted by atomic mass is 32.1. The number of benzene rings is 1. The lowest BCUT2D eigenvalue weighted by Crippen LogP contribution is -2.12. The van der Waals surface area contributed by atoms with Crippen LogP contribution in [0.5, 0.6) is 0 Å². The van der Waals surface area contributed by atoms with E-state index in [2.05, 4.69) is 25.6 Å². The van der Waals surface area contributed by atoms with Crippen molar-refractivity contribution in [1.82, 2.24) is 24.8 Å². The van der Waals surface area contributed by atoms with Crippen LogP contribution in [-0.4, -0.2) is 30.7 Å². The van der Waals surface area contributed by atoms with Gasteiger partial charge in [0.15, 0.2) is 5.65 Å². The summed E-state index contributed by atoms with van der Waals surface area (Å²) in [6, 6.07) is 11.1. The summed E-state index contributed by atoms with van der Waals surface area (Å²) in [5.74, 6) is -0.674. The number of alkyl halides is 3. The predicted octanol–water partition coefficient (Wildman–Crippen LogP) is 3.52. The van der Waals surface area contributed by atoms with Gasteiger partial charge in [0, 0.05) is 11.8 Å². The molecule has 0 saturated carbocycles. The van der Waals surface area contributed by atoms with E-state index in [1.807, 2.05) is 30.3 Å². The molecule has 0 spiro atoms. The van der Waals surface area contributed by atoms with Crippen LogP contribution in [0, 0.1) is 0 Å². The molecule has 0 bridgehead atoms. The Labute approximate surface area is 153 Å². The van der Waals surface area contributed by atoms with Gasteiger partial charge in [-0.15, -0.1) is 10.2 Å². The zero-order chi connectivity index (χ0) is 19.0. The van der Waals surface area contributed by atoms with Crippen LogP contribution in [0.1, 0.15) is 15.4 Å². The van der Waals surface area contributed by atoms with Crippen molar-refractivity contribution in [2.45, 2.75) is 6.18 Å². The molecule has 136 valence electrons. The maximum absolute atomic E-state index is 12.6. The molecule has 0 radical (unpaired) electrons. The molecule has 11 heteroatoms. The topological polar surface area (TPSA) is 85.1 Å². The van der Waals surface area contributed by atoms with Crippen LogP contribution < -0.4 is 5.32 Å². The molecule has 0 saturated heterocycles. The van der Waals surface area contributed by atoms with Crippen LogP contribution in [0.15, 0.2) is 48.8 Å². The maximum atomic E-state index is 12.6. The molecule has 0 aliphatic heterocycles. The van der Waals surface area contributed by atoms with Crippen LogP contribution in [0.3, 0.4) is 0 Å². The Hall–Kier alpha value is -3.34. The Bertz CT molecular complexity index is 1120. The molecule has 0 unspecified atom stereocenters. The first-order valence-electron chi connectivity index (χ1n) is 7.54. The SMILES string of the molecule is O=C(Nc1nnc(C(F)(F)F)s1)c1cnn2c(-c3ccccc3)ccnc12. The average Bonchev–Trinajstić information content (AvgIpc) is 3.28. The summed E-state index contributed by atoms with van der Waals surface area (Å²) in [6.45, 7) is 0. The second-order valence-corrected chi connectivity index (χ2v) is 6.33. The van der Waals surface area contributed by atoms with Crippen molar-refractivity contribution in [3.8, 4) is 11.3 Å². The quantitative estimate of drug-likeness (QED) is 0.579. The number of anilines is 1. The minimum absolute atomic E-state index is 0.108. The van der Waals surface area contributed by atoms with E-state index in [9.17, 15) is 18.0 Å². The largest absolute Gasteiger partial charge is 0.445 e. The van der Waals surface area contributed by atoms with E-state index in [1.54, 1.807) is 6.07 Å². The number of halogens is 3. The van der Waals surface area contributed by atoms with Gasteiger partial charge in [0.25, 0.3) is 5.91 Å². The summed E-state index contributed by atoms with van der Waals surface area (Å²) in [4.78, 5) is 16.6. The Morgan fingerprint density at radius 1 is 1.11 bits per heavy atom. The fourth-order valence-electron chi connectivity index (χ4n) is 2.43. The molecule has 1 N–H and O–H groups in total. The molecule has 0 aliphatic carbocycles. The first kappa shape index (κ1) is 17.1. The Kier molecular flexibility index (Phi) is 4.07. The van der Waals surface area contributed by atoms with Gasteiger partial charge in [0.05, 0.1) is 11.9 Å². The number of carbonyl (C=O) groups is 1. The zero-order valence-electron chi connectivity index (χ0n) is 13.3. The Morgan fingerprint density at radius 2 is 1.89 bits per heavy atom. The van der Waals surface area contributed by atoms with Crippen molar-refractivity contribution in [1.29, 1.82) is 0 Å². The van der Waals surface area contributed by atoms with Crippen molar-refractivity contribution >= 4 is 28.0 Å². The predicted molar refractivity (Wildman–Crippen MR) is 91.3 cm³/mol. The van der Waals surface area contributed by atoms with Gasteiger partial charge in [-0.3, -0.25) is 10.1 Å². The number of nitrogens with one attached hydrogen (secondary N) is 1.